The Morgan fingerprint density at radius 2 is 2.27 bits per heavy atom. The largest absolute Gasteiger partial charge is 0.463 e. The van der Waals surface area contributed by atoms with Gasteiger partial charge >= 0.3 is 0 Å². The van der Waals surface area contributed by atoms with Gasteiger partial charge in [-0.3, -0.25) is 4.79 Å². The second kappa shape index (κ2) is 4.49. The van der Waals surface area contributed by atoms with E-state index in [1.54, 1.807) is 0 Å². The summed E-state index contributed by atoms with van der Waals surface area (Å²) in [5.74, 6) is 0.887. The molecular formula is C11H9BrO3. The van der Waals surface area contributed by atoms with Crippen molar-refractivity contribution in [3.8, 4) is 0 Å². The van der Waals surface area contributed by atoms with Crippen molar-refractivity contribution >= 4 is 33.4 Å². The Bertz CT molecular complexity index is 476. The summed E-state index contributed by atoms with van der Waals surface area (Å²) in [5, 5.41) is 1.72. The molecule has 0 saturated carbocycles. The molecule has 0 atom stereocenters. The van der Waals surface area contributed by atoms with Crippen LogP contribution in [0, 0.1) is 0 Å². The highest BCUT2D eigenvalue weighted by Gasteiger charge is 2.03. The molecule has 0 unspecified atom stereocenters. The maximum Gasteiger partial charge on any atom is 0.293 e. The summed E-state index contributed by atoms with van der Waals surface area (Å²) in [6, 6.07) is 7.68. The molecule has 0 aliphatic carbocycles. The Morgan fingerprint density at radius 1 is 1.40 bits per heavy atom. The van der Waals surface area contributed by atoms with E-state index in [-0.39, 0.29) is 0 Å². The third-order valence-corrected chi connectivity index (χ3v) is 2.63. The number of hydrogen-bond acceptors (Lipinski definition) is 3. The minimum Gasteiger partial charge on any atom is -0.463 e. The lowest BCUT2D eigenvalue weighted by molar-refractivity contribution is -0.129. The van der Waals surface area contributed by atoms with Crippen molar-refractivity contribution in [2.45, 2.75) is 11.9 Å². The van der Waals surface area contributed by atoms with Crippen molar-refractivity contribution in [3.63, 3.8) is 0 Å². The molecule has 1 heterocycles. The first kappa shape index (κ1) is 10.2. The van der Waals surface area contributed by atoms with Gasteiger partial charge in [-0.25, -0.2) is 0 Å². The van der Waals surface area contributed by atoms with Gasteiger partial charge in [0.15, 0.2) is 0 Å². The highest BCUT2D eigenvalue weighted by atomic mass is 79.9. The van der Waals surface area contributed by atoms with Crippen LogP contribution in [0.5, 0.6) is 0 Å². The van der Waals surface area contributed by atoms with E-state index in [0.29, 0.717) is 18.4 Å². The second-order valence-electron chi connectivity index (χ2n) is 3.13. The molecule has 4 heteroatoms. The Hall–Kier alpha value is -1.29. The van der Waals surface area contributed by atoms with E-state index < -0.39 is 0 Å². The van der Waals surface area contributed by atoms with Crippen LogP contribution in [0.15, 0.2) is 28.7 Å². The van der Waals surface area contributed by atoms with E-state index in [2.05, 4.69) is 20.7 Å². The summed E-state index contributed by atoms with van der Waals surface area (Å²) < 4.78 is 10.2. The van der Waals surface area contributed by atoms with Gasteiger partial charge in [0.2, 0.25) is 0 Å². The number of halogens is 1. The van der Waals surface area contributed by atoms with E-state index in [4.69, 9.17) is 4.42 Å². The van der Waals surface area contributed by atoms with E-state index in [9.17, 15) is 4.79 Å². The second-order valence-corrected chi connectivity index (χ2v) is 3.69. The van der Waals surface area contributed by atoms with Gasteiger partial charge in [0, 0.05) is 5.39 Å². The Kier molecular flexibility index (Phi) is 3.06. The lowest BCUT2D eigenvalue weighted by atomic mass is 10.2. The predicted molar refractivity (Wildman–Crippen MR) is 59.7 cm³/mol. The zero-order valence-corrected chi connectivity index (χ0v) is 9.49. The minimum absolute atomic E-state index is 0.300. The van der Waals surface area contributed by atoms with Crippen molar-refractivity contribution < 1.29 is 13.9 Å². The minimum atomic E-state index is 0.300. The Morgan fingerprint density at radius 3 is 3.00 bits per heavy atom. The molecule has 0 aliphatic heterocycles. The fourth-order valence-corrected chi connectivity index (χ4v) is 1.71. The highest BCUT2D eigenvalue weighted by Crippen LogP contribution is 2.22. The zero-order valence-electron chi connectivity index (χ0n) is 7.90. The molecule has 2 aromatic rings. The normalized spacial score (nSPS) is 10.5. The van der Waals surface area contributed by atoms with Crippen molar-refractivity contribution in [3.05, 3.63) is 35.6 Å². The van der Waals surface area contributed by atoms with Crippen molar-refractivity contribution in [2.75, 3.05) is 0 Å². The number of fused-ring (bicyclic) bond motifs is 1. The molecule has 0 bridgehead atoms. The van der Waals surface area contributed by atoms with Crippen molar-refractivity contribution in [1.29, 1.82) is 0 Å². The first-order chi connectivity index (χ1) is 7.33. The molecule has 1 aromatic heterocycles. The molecule has 78 valence electrons. The molecule has 0 amide bonds. The highest BCUT2D eigenvalue weighted by molar-refractivity contribution is 9.08. The van der Waals surface area contributed by atoms with Crippen molar-refractivity contribution in [1.82, 2.24) is 0 Å². The number of carbonyl (C=O) groups excluding carboxylic acids is 1. The fourth-order valence-electron chi connectivity index (χ4n) is 1.43. The summed E-state index contributed by atoms with van der Waals surface area (Å²) in [7, 11) is 0. The van der Waals surface area contributed by atoms with E-state index in [1.807, 2.05) is 24.3 Å². The molecule has 1 aromatic carbocycles. The molecule has 3 nitrogen and oxygen atoms in total. The molecule has 0 aliphatic rings. The summed E-state index contributed by atoms with van der Waals surface area (Å²) in [6.45, 7) is 0.748. The zero-order chi connectivity index (χ0) is 10.7. The van der Waals surface area contributed by atoms with E-state index in [0.717, 1.165) is 22.3 Å². The number of benzene rings is 1. The van der Waals surface area contributed by atoms with Crippen LogP contribution in [0.2, 0.25) is 0 Å². The van der Waals surface area contributed by atoms with Gasteiger partial charge in [-0.1, -0.05) is 22.0 Å². The van der Waals surface area contributed by atoms with Gasteiger partial charge < -0.3 is 9.15 Å². The molecule has 2 rings (SSSR count). The average Bonchev–Trinajstić information content (AvgIpc) is 2.68. The van der Waals surface area contributed by atoms with Gasteiger partial charge in [0.1, 0.15) is 18.0 Å². The van der Waals surface area contributed by atoms with Gasteiger partial charge in [-0.2, -0.15) is 0 Å². The summed E-state index contributed by atoms with van der Waals surface area (Å²) >= 11 is 3.33. The number of carbonyl (C=O) groups is 1. The van der Waals surface area contributed by atoms with Gasteiger partial charge in [0.05, 0.1) is 5.33 Å². The lowest BCUT2D eigenvalue weighted by Gasteiger charge is -1.98. The first-order valence-electron chi connectivity index (χ1n) is 4.46. The predicted octanol–water partition coefficient (Wildman–Crippen LogP) is 3.00. The Balaban J connectivity index is 2.32. The lowest BCUT2D eigenvalue weighted by Crippen LogP contribution is -1.88. The summed E-state index contributed by atoms with van der Waals surface area (Å²) in [6.07, 6.45) is 0. The average molecular weight is 269 g/mol. The molecule has 0 fully saturated rings. The number of rotatable bonds is 4. The van der Waals surface area contributed by atoms with Crippen LogP contribution in [-0.2, 0) is 21.5 Å². The molecule has 0 radical (unpaired) electrons. The quantitative estimate of drug-likeness (QED) is 0.632. The maximum absolute atomic E-state index is 10.0. The van der Waals surface area contributed by atoms with Crippen LogP contribution in [0.1, 0.15) is 11.3 Å². The molecule has 0 spiro atoms. The van der Waals surface area contributed by atoms with Crippen LogP contribution >= 0.6 is 15.9 Å². The van der Waals surface area contributed by atoms with Crippen LogP contribution in [0.25, 0.3) is 11.0 Å². The third kappa shape index (κ3) is 2.21. The smallest absolute Gasteiger partial charge is 0.293 e. The third-order valence-electron chi connectivity index (χ3n) is 2.08. The Labute approximate surface area is 95.1 Å². The maximum atomic E-state index is 10.0. The van der Waals surface area contributed by atoms with Crippen LogP contribution in [-0.4, -0.2) is 6.47 Å². The molecule has 0 saturated heterocycles. The van der Waals surface area contributed by atoms with E-state index >= 15 is 0 Å². The topological polar surface area (TPSA) is 39.4 Å². The van der Waals surface area contributed by atoms with Gasteiger partial charge in [0.25, 0.3) is 6.47 Å². The van der Waals surface area contributed by atoms with E-state index in [1.165, 1.54) is 0 Å². The summed E-state index contributed by atoms with van der Waals surface area (Å²) in [5.41, 5.74) is 1.80. The first-order valence-corrected chi connectivity index (χ1v) is 5.58. The van der Waals surface area contributed by atoms with Gasteiger partial charge in [-0.05, 0) is 23.8 Å². The fraction of sp³-hybridized carbons (Fsp3) is 0.182. The van der Waals surface area contributed by atoms with Crippen molar-refractivity contribution in [2.24, 2.45) is 0 Å². The number of alkyl halides is 1. The standard InChI is InChI=1S/C11H9BrO3/c12-5-10-4-9-3-8(6-14-7-13)1-2-11(9)15-10/h1-4,7H,5-6H2. The van der Waals surface area contributed by atoms with Gasteiger partial charge in [-0.15, -0.1) is 0 Å². The molecule has 0 N–H and O–H groups in total. The SMILES string of the molecule is O=COCc1ccc2oc(CBr)cc2c1. The van der Waals surface area contributed by atoms with Crippen LogP contribution in [0.4, 0.5) is 0 Å². The number of furan rings is 1. The summed E-state index contributed by atoms with van der Waals surface area (Å²) in [4.78, 5) is 10.0. The number of hydrogen-bond donors (Lipinski definition) is 0. The molecule has 15 heavy (non-hydrogen) atoms. The molecular weight excluding hydrogens is 260 g/mol. The number of ether oxygens (including phenoxy) is 1. The monoisotopic (exact) mass is 268 g/mol. The van der Waals surface area contributed by atoms with Crippen LogP contribution < -0.4 is 0 Å². The van der Waals surface area contributed by atoms with Crippen LogP contribution in [0.3, 0.4) is 0 Å².